The summed E-state index contributed by atoms with van der Waals surface area (Å²) in [5.74, 6) is -0.442. The van der Waals surface area contributed by atoms with E-state index in [4.69, 9.17) is 21.1 Å². The minimum absolute atomic E-state index is 0.0265. The number of hydrogen-bond acceptors (Lipinski definition) is 6. The summed E-state index contributed by atoms with van der Waals surface area (Å²) in [5.41, 5.74) is 2.87. The van der Waals surface area contributed by atoms with Crippen LogP contribution in [0.15, 0.2) is 77.5 Å². The van der Waals surface area contributed by atoms with E-state index in [-0.39, 0.29) is 16.6 Å². The van der Waals surface area contributed by atoms with Gasteiger partial charge in [-0.3, -0.25) is 14.4 Å². The third kappa shape index (κ3) is 4.89. The fourth-order valence-corrected chi connectivity index (χ4v) is 3.88. The summed E-state index contributed by atoms with van der Waals surface area (Å²) in [5, 5.41) is 5.51. The number of nitrogens with one attached hydrogen (secondary N) is 2. The summed E-state index contributed by atoms with van der Waals surface area (Å²) in [7, 11) is 3.04. The van der Waals surface area contributed by atoms with Gasteiger partial charge in [-0.15, -0.1) is 0 Å². The molecule has 0 aromatic heterocycles. The van der Waals surface area contributed by atoms with Crippen molar-refractivity contribution in [3.05, 3.63) is 88.6 Å². The van der Waals surface area contributed by atoms with E-state index < -0.39 is 11.8 Å². The van der Waals surface area contributed by atoms with Crippen molar-refractivity contribution in [2.75, 3.05) is 29.8 Å². The lowest BCUT2D eigenvalue weighted by atomic mass is 10.1. The van der Waals surface area contributed by atoms with E-state index in [1.807, 2.05) is 19.1 Å². The standard InChI is InChI=1S/C27H24ClN3O5/c1-4-16-5-11-19(12-6-16)31-26(33)23(28)24(27(31)34)29-18-9-7-17(8-10-18)25(32)30-21-14-13-20(35-2)15-22(21)36-3/h5-15,29H,4H2,1-3H3,(H,30,32). The van der Waals surface area contributed by atoms with Gasteiger partial charge in [-0.1, -0.05) is 30.7 Å². The van der Waals surface area contributed by atoms with Gasteiger partial charge >= 0.3 is 0 Å². The van der Waals surface area contributed by atoms with Crippen LogP contribution < -0.4 is 25.0 Å². The van der Waals surface area contributed by atoms with Crippen LogP contribution in [0.5, 0.6) is 11.5 Å². The summed E-state index contributed by atoms with van der Waals surface area (Å²) >= 11 is 6.22. The Hall–Kier alpha value is -4.30. The van der Waals surface area contributed by atoms with E-state index in [1.165, 1.54) is 7.11 Å². The van der Waals surface area contributed by atoms with E-state index in [9.17, 15) is 14.4 Å². The first kappa shape index (κ1) is 24.8. The average molecular weight is 506 g/mol. The summed E-state index contributed by atoms with van der Waals surface area (Å²) in [6.07, 6.45) is 0.843. The Kier molecular flexibility index (Phi) is 7.26. The number of carbonyl (C=O) groups excluding carboxylic acids is 3. The van der Waals surface area contributed by atoms with Gasteiger partial charge in [0.05, 0.1) is 25.6 Å². The van der Waals surface area contributed by atoms with Gasteiger partial charge in [0.2, 0.25) is 0 Å². The van der Waals surface area contributed by atoms with Crippen LogP contribution in [0.25, 0.3) is 0 Å². The predicted molar refractivity (Wildman–Crippen MR) is 139 cm³/mol. The van der Waals surface area contributed by atoms with Crippen molar-refractivity contribution in [1.29, 1.82) is 0 Å². The SMILES string of the molecule is CCc1ccc(N2C(=O)C(Cl)=C(Nc3ccc(C(=O)Nc4ccc(OC)cc4OC)cc3)C2=O)cc1. The van der Waals surface area contributed by atoms with Gasteiger partial charge in [0.1, 0.15) is 22.2 Å². The smallest absolute Gasteiger partial charge is 0.283 e. The molecule has 0 atom stereocenters. The van der Waals surface area contributed by atoms with Crippen molar-refractivity contribution in [3.8, 4) is 11.5 Å². The zero-order valence-corrected chi connectivity index (χ0v) is 20.7. The molecule has 1 aliphatic heterocycles. The van der Waals surface area contributed by atoms with Crippen molar-refractivity contribution in [2.45, 2.75) is 13.3 Å². The number of imide groups is 1. The largest absolute Gasteiger partial charge is 0.497 e. The van der Waals surface area contributed by atoms with Crippen molar-refractivity contribution >= 4 is 46.4 Å². The number of rotatable bonds is 8. The number of aryl methyl sites for hydroxylation is 1. The highest BCUT2D eigenvalue weighted by molar-refractivity contribution is 6.53. The van der Waals surface area contributed by atoms with Gasteiger partial charge in [-0.25, -0.2) is 4.90 Å². The average Bonchev–Trinajstić information content (AvgIpc) is 3.12. The zero-order valence-electron chi connectivity index (χ0n) is 19.9. The number of anilines is 3. The molecule has 0 unspecified atom stereocenters. The molecule has 0 spiro atoms. The van der Waals surface area contributed by atoms with Gasteiger partial charge in [-0.2, -0.15) is 0 Å². The maximum absolute atomic E-state index is 13.0. The molecule has 1 aliphatic rings. The Labute approximate surface area is 213 Å². The maximum atomic E-state index is 13.0. The van der Waals surface area contributed by atoms with Gasteiger partial charge < -0.3 is 20.1 Å². The van der Waals surface area contributed by atoms with Crippen molar-refractivity contribution < 1.29 is 23.9 Å². The Morgan fingerprint density at radius 2 is 1.61 bits per heavy atom. The molecule has 2 N–H and O–H groups in total. The minimum Gasteiger partial charge on any atom is -0.497 e. The van der Waals surface area contributed by atoms with Crippen molar-refractivity contribution in [2.24, 2.45) is 0 Å². The summed E-state index contributed by atoms with van der Waals surface area (Å²) < 4.78 is 10.5. The Morgan fingerprint density at radius 3 is 2.22 bits per heavy atom. The molecule has 0 radical (unpaired) electrons. The summed E-state index contributed by atoms with van der Waals surface area (Å²) in [6.45, 7) is 2.02. The third-order valence-corrected chi connectivity index (χ3v) is 6.05. The van der Waals surface area contributed by atoms with Crippen LogP contribution in [-0.2, 0) is 16.0 Å². The van der Waals surface area contributed by atoms with E-state index in [0.29, 0.717) is 34.1 Å². The molecular weight excluding hydrogens is 482 g/mol. The first-order valence-electron chi connectivity index (χ1n) is 11.1. The van der Waals surface area contributed by atoms with Gasteiger partial charge in [0, 0.05) is 17.3 Å². The molecule has 0 saturated carbocycles. The highest BCUT2D eigenvalue weighted by atomic mass is 35.5. The lowest BCUT2D eigenvalue weighted by Gasteiger charge is -2.15. The van der Waals surface area contributed by atoms with Crippen LogP contribution in [0, 0.1) is 0 Å². The van der Waals surface area contributed by atoms with E-state index in [0.717, 1.165) is 16.9 Å². The molecule has 3 aromatic rings. The van der Waals surface area contributed by atoms with E-state index in [2.05, 4.69) is 10.6 Å². The zero-order chi connectivity index (χ0) is 25.8. The highest BCUT2D eigenvalue weighted by Crippen LogP contribution is 2.31. The molecule has 184 valence electrons. The number of hydrogen-bond donors (Lipinski definition) is 2. The van der Waals surface area contributed by atoms with Crippen molar-refractivity contribution in [1.82, 2.24) is 0 Å². The van der Waals surface area contributed by atoms with Crippen LogP contribution in [0.3, 0.4) is 0 Å². The van der Waals surface area contributed by atoms with Crippen LogP contribution in [0.1, 0.15) is 22.8 Å². The molecule has 0 bridgehead atoms. The molecule has 0 aliphatic carbocycles. The lowest BCUT2D eigenvalue weighted by Crippen LogP contribution is -2.32. The molecule has 8 nitrogen and oxygen atoms in total. The van der Waals surface area contributed by atoms with Crippen LogP contribution >= 0.6 is 11.6 Å². The highest BCUT2D eigenvalue weighted by Gasteiger charge is 2.38. The molecule has 3 amide bonds. The third-order valence-electron chi connectivity index (χ3n) is 5.70. The topological polar surface area (TPSA) is 97.0 Å². The fourth-order valence-electron chi connectivity index (χ4n) is 3.67. The lowest BCUT2D eigenvalue weighted by molar-refractivity contribution is -0.120. The normalized spacial score (nSPS) is 13.2. The van der Waals surface area contributed by atoms with E-state index >= 15 is 0 Å². The Balaban J connectivity index is 1.47. The number of ether oxygens (including phenoxy) is 2. The van der Waals surface area contributed by atoms with E-state index in [1.54, 1.807) is 61.7 Å². The van der Waals surface area contributed by atoms with Gasteiger partial charge in [0.25, 0.3) is 17.7 Å². The number of methoxy groups -OCH3 is 2. The molecular formula is C27H24ClN3O5. The molecule has 36 heavy (non-hydrogen) atoms. The second-order valence-electron chi connectivity index (χ2n) is 7.88. The summed E-state index contributed by atoms with van der Waals surface area (Å²) in [6, 6.07) is 18.6. The quantitative estimate of drug-likeness (QED) is 0.420. The predicted octanol–water partition coefficient (Wildman–Crippen LogP) is 4.95. The molecule has 1 heterocycles. The second-order valence-corrected chi connectivity index (χ2v) is 8.26. The molecule has 4 rings (SSSR count). The van der Waals surface area contributed by atoms with Crippen LogP contribution in [-0.4, -0.2) is 31.9 Å². The number of benzene rings is 3. The minimum atomic E-state index is -0.599. The number of carbonyl (C=O) groups is 3. The number of amides is 3. The maximum Gasteiger partial charge on any atom is 0.283 e. The summed E-state index contributed by atoms with van der Waals surface area (Å²) in [4.78, 5) is 39.4. The second kappa shape index (κ2) is 10.5. The molecule has 0 saturated heterocycles. The van der Waals surface area contributed by atoms with Crippen LogP contribution in [0.2, 0.25) is 0 Å². The number of halogens is 1. The molecule has 3 aromatic carbocycles. The molecule has 9 heteroatoms. The number of nitrogens with zero attached hydrogens (tertiary/aromatic N) is 1. The van der Waals surface area contributed by atoms with Crippen LogP contribution in [0.4, 0.5) is 17.1 Å². The Morgan fingerprint density at radius 1 is 0.917 bits per heavy atom. The van der Waals surface area contributed by atoms with Gasteiger partial charge in [-0.05, 0) is 60.5 Å². The Bertz CT molecular complexity index is 1350. The fraction of sp³-hybridized carbons (Fsp3) is 0.148. The first-order valence-corrected chi connectivity index (χ1v) is 11.5. The monoisotopic (exact) mass is 505 g/mol. The van der Waals surface area contributed by atoms with Crippen molar-refractivity contribution in [3.63, 3.8) is 0 Å². The molecule has 0 fully saturated rings. The van der Waals surface area contributed by atoms with Gasteiger partial charge in [0.15, 0.2) is 0 Å². The first-order chi connectivity index (χ1) is 17.4.